The van der Waals surface area contributed by atoms with Crippen molar-refractivity contribution < 1.29 is 5.21 Å². The van der Waals surface area contributed by atoms with E-state index in [2.05, 4.69) is 38.8 Å². The number of nitrogens with zero attached hydrogens (tertiary/aromatic N) is 5. The normalized spacial score (nSPS) is 19.1. The first-order valence-corrected chi connectivity index (χ1v) is 6.95. The van der Waals surface area contributed by atoms with Crippen LogP contribution in [-0.2, 0) is 0 Å². The minimum absolute atomic E-state index is 0.00236. The summed E-state index contributed by atoms with van der Waals surface area (Å²) in [4.78, 5) is 13.1. The molecule has 0 aromatic carbocycles. The number of piperazine rings is 1. The fraction of sp³-hybridized carbons (Fsp3) is 0.615. The molecular formula is C13H22N6O. The maximum Gasteiger partial charge on any atom is 0.192 e. The third kappa shape index (κ3) is 2.98. The van der Waals surface area contributed by atoms with Crippen molar-refractivity contribution in [2.45, 2.75) is 26.3 Å². The molecule has 110 valence electrons. The molecule has 0 spiro atoms. The summed E-state index contributed by atoms with van der Waals surface area (Å²) in [5.74, 6) is 0.684. The van der Waals surface area contributed by atoms with Crippen LogP contribution in [-0.4, -0.2) is 58.1 Å². The third-order valence-corrected chi connectivity index (χ3v) is 3.86. The first-order valence-electron chi connectivity index (χ1n) is 6.95. The Balaban J connectivity index is 2.11. The van der Waals surface area contributed by atoms with Gasteiger partial charge in [0.05, 0.1) is 0 Å². The van der Waals surface area contributed by atoms with Crippen LogP contribution in [0.2, 0.25) is 0 Å². The molecule has 1 aromatic rings. The molecule has 20 heavy (non-hydrogen) atoms. The Morgan fingerprint density at radius 1 is 1.35 bits per heavy atom. The number of amidine groups is 1. The maximum atomic E-state index is 8.83. The highest BCUT2D eigenvalue weighted by molar-refractivity contribution is 5.99. The van der Waals surface area contributed by atoms with Gasteiger partial charge in [-0.2, -0.15) is 0 Å². The minimum Gasteiger partial charge on any atom is -0.409 e. The van der Waals surface area contributed by atoms with Crippen molar-refractivity contribution in [1.82, 2.24) is 14.9 Å². The van der Waals surface area contributed by atoms with Crippen molar-refractivity contribution in [3.8, 4) is 0 Å². The molecule has 0 aliphatic carbocycles. The molecule has 0 bridgehead atoms. The molecule has 0 amide bonds. The molecule has 1 atom stereocenters. The van der Waals surface area contributed by atoms with E-state index in [9.17, 15) is 0 Å². The average Bonchev–Trinajstić information content (AvgIpc) is 2.53. The van der Waals surface area contributed by atoms with Crippen molar-refractivity contribution in [3.05, 3.63) is 18.1 Å². The topological polar surface area (TPSA) is 90.9 Å². The number of oxime groups is 1. The van der Waals surface area contributed by atoms with E-state index in [-0.39, 0.29) is 5.84 Å². The summed E-state index contributed by atoms with van der Waals surface area (Å²) >= 11 is 0. The van der Waals surface area contributed by atoms with Gasteiger partial charge in [-0.15, -0.1) is 0 Å². The summed E-state index contributed by atoms with van der Waals surface area (Å²) in [6.07, 6.45) is 4.33. The minimum atomic E-state index is -0.00236. The quantitative estimate of drug-likeness (QED) is 0.360. The van der Waals surface area contributed by atoms with Gasteiger partial charge in [0.2, 0.25) is 0 Å². The van der Waals surface area contributed by atoms with E-state index in [0.29, 0.717) is 17.6 Å². The first-order chi connectivity index (χ1) is 9.67. The van der Waals surface area contributed by atoms with Crippen LogP contribution in [0.5, 0.6) is 0 Å². The molecule has 1 aliphatic rings. The summed E-state index contributed by atoms with van der Waals surface area (Å²) in [5.41, 5.74) is 6.10. The van der Waals surface area contributed by atoms with Crippen molar-refractivity contribution >= 4 is 11.7 Å². The lowest BCUT2D eigenvalue weighted by molar-refractivity contribution is 0.192. The van der Waals surface area contributed by atoms with Crippen LogP contribution in [0.4, 0.5) is 5.82 Å². The zero-order valence-electron chi connectivity index (χ0n) is 12.0. The summed E-state index contributed by atoms with van der Waals surface area (Å²) in [6.45, 7) is 8.17. The molecule has 7 nitrogen and oxygen atoms in total. The molecule has 1 unspecified atom stereocenters. The van der Waals surface area contributed by atoms with Crippen molar-refractivity contribution in [3.63, 3.8) is 0 Å². The van der Waals surface area contributed by atoms with E-state index in [1.54, 1.807) is 12.4 Å². The van der Waals surface area contributed by atoms with Crippen molar-refractivity contribution in [2.75, 3.05) is 31.1 Å². The van der Waals surface area contributed by atoms with Gasteiger partial charge in [0.1, 0.15) is 0 Å². The third-order valence-electron chi connectivity index (χ3n) is 3.86. The molecule has 0 saturated carbocycles. The highest BCUT2D eigenvalue weighted by atomic mass is 16.4. The lowest BCUT2D eigenvalue weighted by Gasteiger charge is -2.38. The van der Waals surface area contributed by atoms with E-state index in [1.165, 1.54) is 0 Å². The molecule has 1 aromatic heterocycles. The molecular weight excluding hydrogens is 256 g/mol. The Hall–Kier alpha value is -1.89. The van der Waals surface area contributed by atoms with E-state index < -0.39 is 0 Å². The number of rotatable bonds is 4. The summed E-state index contributed by atoms with van der Waals surface area (Å²) in [7, 11) is 0. The molecule has 3 N–H and O–H groups in total. The van der Waals surface area contributed by atoms with E-state index in [0.717, 1.165) is 32.6 Å². The second-order valence-corrected chi connectivity index (χ2v) is 4.99. The largest absolute Gasteiger partial charge is 0.409 e. The van der Waals surface area contributed by atoms with Gasteiger partial charge < -0.3 is 15.8 Å². The number of aromatic nitrogens is 2. The summed E-state index contributed by atoms with van der Waals surface area (Å²) < 4.78 is 0. The zero-order valence-corrected chi connectivity index (χ0v) is 12.0. The van der Waals surface area contributed by atoms with Crippen molar-refractivity contribution in [2.24, 2.45) is 10.9 Å². The van der Waals surface area contributed by atoms with Crippen LogP contribution in [0.15, 0.2) is 17.5 Å². The smallest absolute Gasteiger partial charge is 0.192 e. The Labute approximate surface area is 119 Å². The van der Waals surface area contributed by atoms with Gasteiger partial charge in [-0.05, 0) is 13.3 Å². The van der Waals surface area contributed by atoms with Gasteiger partial charge >= 0.3 is 0 Å². The van der Waals surface area contributed by atoms with Gasteiger partial charge in [0, 0.05) is 44.6 Å². The van der Waals surface area contributed by atoms with Gasteiger partial charge in [-0.1, -0.05) is 12.1 Å². The Morgan fingerprint density at radius 2 is 2.00 bits per heavy atom. The van der Waals surface area contributed by atoms with Crippen LogP contribution in [0.1, 0.15) is 26.0 Å². The maximum absolute atomic E-state index is 8.83. The highest BCUT2D eigenvalue weighted by Crippen LogP contribution is 2.18. The molecule has 7 heteroatoms. The van der Waals surface area contributed by atoms with Crippen LogP contribution in [0.25, 0.3) is 0 Å². The second kappa shape index (κ2) is 6.51. The fourth-order valence-corrected chi connectivity index (χ4v) is 2.42. The molecule has 1 fully saturated rings. The number of nitrogens with two attached hydrogens (primary N) is 1. The Kier molecular flexibility index (Phi) is 4.73. The predicted octanol–water partition coefficient (Wildman–Crippen LogP) is 0.492. The van der Waals surface area contributed by atoms with Crippen LogP contribution >= 0.6 is 0 Å². The standard InChI is InChI=1S/C13H22N6O/c1-3-10(2)18-6-8-19(9-7-18)13-11(12(14)17-20)15-4-5-16-13/h4-5,10,20H,3,6-9H2,1-2H3,(H2,14,17). The lowest BCUT2D eigenvalue weighted by atomic mass is 10.2. The molecule has 0 radical (unpaired) electrons. The first kappa shape index (κ1) is 14.5. The van der Waals surface area contributed by atoms with Gasteiger partial charge in [-0.25, -0.2) is 9.97 Å². The summed E-state index contributed by atoms with van der Waals surface area (Å²) in [5, 5.41) is 11.9. The highest BCUT2D eigenvalue weighted by Gasteiger charge is 2.23. The van der Waals surface area contributed by atoms with Gasteiger partial charge in [0.15, 0.2) is 17.3 Å². The van der Waals surface area contributed by atoms with Crippen LogP contribution in [0, 0.1) is 0 Å². The van der Waals surface area contributed by atoms with Crippen LogP contribution < -0.4 is 10.6 Å². The molecule has 2 rings (SSSR count). The number of hydrogen-bond acceptors (Lipinski definition) is 6. The Morgan fingerprint density at radius 3 is 2.60 bits per heavy atom. The summed E-state index contributed by atoms with van der Waals surface area (Å²) in [6, 6.07) is 0.600. The van der Waals surface area contributed by atoms with Crippen LogP contribution in [0.3, 0.4) is 0 Å². The molecule has 1 saturated heterocycles. The SMILES string of the molecule is CCC(C)N1CCN(c2nccnc2C(N)=NO)CC1. The number of hydrogen-bond donors (Lipinski definition) is 2. The number of anilines is 1. The lowest BCUT2D eigenvalue weighted by Crippen LogP contribution is -2.50. The van der Waals surface area contributed by atoms with E-state index in [4.69, 9.17) is 10.9 Å². The zero-order chi connectivity index (χ0) is 14.5. The second-order valence-electron chi connectivity index (χ2n) is 4.99. The van der Waals surface area contributed by atoms with Crippen molar-refractivity contribution in [1.29, 1.82) is 0 Å². The van der Waals surface area contributed by atoms with Gasteiger partial charge in [-0.3, -0.25) is 4.90 Å². The predicted molar refractivity (Wildman–Crippen MR) is 78.1 cm³/mol. The monoisotopic (exact) mass is 278 g/mol. The fourth-order valence-electron chi connectivity index (χ4n) is 2.42. The molecule has 2 heterocycles. The van der Waals surface area contributed by atoms with E-state index >= 15 is 0 Å². The van der Waals surface area contributed by atoms with E-state index in [1.807, 2.05) is 0 Å². The Bertz CT molecular complexity index is 470. The van der Waals surface area contributed by atoms with Gasteiger partial charge in [0.25, 0.3) is 0 Å². The molecule has 1 aliphatic heterocycles. The average molecular weight is 278 g/mol.